The summed E-state index contributed by atoms with van der Waals surface area (Å²) in [6.45, 7) is 1.52. The van der Waals surface area contributed by atoms with Crippen LogP contribution in [-0.4, -0.2) is 33.7 Å². The van der Waals surface area contributed by atoms with E-state index >= 15 is 0 Å². The number of nitrogens with zero attached hydrogens (tertiary/aromatic N) is 2. The van der Waals surface area contributed by atoms with E-state index in [4.69, 9.17) is 4.74 Å². The molecule has 7 nitrogen and oxygen atoms in total. The molecule has 32 heavy (non-hydrogen) atoms. The normalized spacial score (nSPS) is 19.9. The first-order valence-corrected chi connectivity index (χ1v) is 11.8. The number of rotatable bonds is 5. The quantitative estimate of drug-likeness (QED) is 0.565. The molecule has 3 aromatic rings. The first kappa shape index (κ1) is 20.7. The van der Waals surface area contributed by atoms with E-state index < -0.39 is 22.9 Å². The number of benzene rings is 2. The minimum absolute atomic E-state index is 0.118. The highest BCUT2D eigenvalue weighted by Gasteiger charge is 2.58. The van der Waals surface area contributed by atoms with Gasteiger partial charge < -0.3 is 4.74 Å². The summed E-state index contributed by atoms with van der Waals surface area (Å²) in [6.07, 6.45) is -0.438. The minimum Gasteiger partial charge on any atom is -0.450 e. The number of thiazole rings is 1. The van der Waals surface area contributed by atoms with Crippen molar-refractivity contribution in [3.63, 3.8) is 0 Å². The second kappa shape index (κ2) is 8.07. The molecule has 0 bridgehead atoms. The lowest BCUT2D eigenvalue weighted by Gasteiger charge is -2.29. The molecular formula is C23H19N3O4S2. The van der Waals surface area contributed by atoms with Gasteiger partial charge in [-0.25, -0.2) is 9.78 Å². The molecule has 9 heteroatoms. The summed E-state index contributed by atoms with van der Waals surface area (Å²) in [5.74, 6) is -1.18. The predicted octanol–water partition coefficient (Wildman–Crippen LogP) is 4.31. The van der Waals surface area contributed by atoms with Gasteiger partial charge in [0.25, 0.3) is 5.91 Å². The molecule has 0 aliphatic carbocycles. The molecule has 2 atom stereocenters. The van der Waals surface area contributed by atoms with Crippen LogP contribution in [0.5, 0.6) is 0 Å². The van der Waals surface area contributed by atoms with Gasteiger partial charge in [0.15, 0.2) is 16.1 Å². The molecule has 162 valence electrons. The van der Waals surface area contributed by atoms with Gasteiger partial charge in [-0.05, 0) is 19.1 Å². The van der Waals surface area contributed by atoms with Crippen LogP contribution >= 0.6 is 23.1 Å². The Morgan fingerprint density at radius 2 is 1.91 bits per heavy atom. The number of amides is 2. The van der Waals surface area contributed by atoms with Gasteiger partial charge in [0.1, 0.15) is 0 Å². The van der Waals surface area contributed by atoms with Crippen LogP contribution in [0, 0.1) is 0 Å². The van der Waals surface area contributed by atoms with E-state index in [1.54, 1.807) is 0 Å². The topological polar surface area (TPSA) is 88.6 Å². The maximum Gasteiger partial charge on any atom is 0.344 e. The average Bonchev–Trinajstić information content (AvgIpc) is 3.49. The molecular weight excluding hydrogens is 446 g/mol. The molecule has 1 saturated heterocycles. The van der Waals surface area contributed by atoms with E-state index in [2.05, 4.69) is 10.3 Å². The number of hydrogen-bond acceptors (Lipinski definition) is 7. The molecule has 0 saturated carbocycles. The molecule has 0 unspecified atom stereocenters. The van der Waals surface area contributed by atoms with Crippen LogP contribution in [0.2, 0.25) is 0 Å². The number of esters is 1. The number of para-hydroxylation sites is 1. The molecule has 2 aliphatic rings. The number of thioether (sulfide) groups is 1. The van der Waals surface area contributed by atoms with Gasteiger partial charge in [-0.1, -0.05) is 54.2 Å². The van der Waals surface area contributed by atoms with Crippen LogP contribution in [-0.2, 0) is 19.1 Å². The van der Waals surface area contributed by atoms with Crippen molar-refractivity contribution >= 4 is 51.7 Å². The predicted molar refractivity (Wildman–Crippen MR) is 123 cm³/mol. The lowest BCUT2D eigenvalue weighted by molar-refractivity contribution is -0.155. The average molecular weight is 466 g/mol. The van der Waals surface area contributed by atoms with Crippen molar-refractivity contribution in [3.05, 3.63) is 60.0 Å². The SMILES string of the molecule is C[C@H](OC(=O)[C@@]12CCC(=O)N1c1ccccc1S2)C(=O)Nc1nc(-c2ccccc2)cs1. The number of carbonyl (C=O) groups is 3. The summed E-state index contributed by atoms with van der Waals surface area (Å²) in [5, 5.41) is 5.00. The Morgan fingerprint density at radius 1 is 1.16 bits per heavy atom. The fourth-order valence-electron chi connectivity index (χ4n) is 3.86. The third-order valence-corrected chi connectivity index (χ3v) is 7.66. The van der Waals surface area contributed by atoms with Crippen LogP contribution in [0.25, 0.3) is 11.3 Å². The first-order chi connectivity index (χ1) is 15.5. The van der Waals surface area contributed by atoms with Crippen LogP contribution < -0.4 is 10.2 Å². The van der Waals surface area contributed by atoms with Crippen molar-refractivity contribution < 1.29 is 19.1 Å². The second-order valence-electron chi connectivity index (χ2n) is 7.52. The van der Waals surface area contributed by atoms with E-state index in [1.165, 1.54) is 34.9 Å². The molecule has 2 aromatic carbocycles. The van der Waals surface area contributed by atoms with Gasteiger partial charge in [-0.3, -0.25) is 19.8 Å². The van der Waals surface area contributed by atoms with Crippen LogP contribution in [0.4, 0.5) is 10.8 Å². The second-order valence-corrected chi connectivity index (χ2v) is 9.70. The molecule has 0 radical (unpaired) electrons. The van der Waals surface area contributed by atoms with Crippen LogP contribution in [0.1, 0.15) is 19.8 Å². The van der Waals surface area contributed by atoms with Crippen molar-refractivity contribution in [3.8, 4) is 11.3 Å². The summed E-state index contributed by atoms with van der Waals surface area (Å²) < 4.78 is 5.56. The summed E-state index contributed by atoms with van der Waals surface area (Å²) in [4.78, 5) is 44.0. The van der Waals surface area contributed by atoms with Gasteiger partial charge >= 0.3 is 5.97 Å². The first-order valence-electron chi connectivity index (χ1n) is 10.1. The fourth-order valence-corrected chi connectivity index (χ4v) is 5.98. The zero-order chi connectivity index (χ0) is 22.3. The van der Waals surface area contributed by atoms with E-state index in [1.807, 2.05) is 60.0 Å². The van der Waals surface area contributed by atoms with Gasteiger partial charge in [-0.2, -0.15) is 0 Å². The van der Waals surface area contributed by atoms with Crippen LogP contribution in [0.15, 0.2) is 64.9 Å². The van der Waals surface area contributed by atoms with Crippen LogP contribution in [0.3, 0.4) is 0 Å². The number of ether oxygens (including phenoxy) is 1. The third kappa shape index (κ3) is 3.47. The number of anilines is 2. The molecule has 2 amide bonds. The molecule has 5 rings (SSSR count). The molecule has 2 aliphatic heterocycles. The zero-order valence-corrected chi connectivity index (χ0v) is 18.7. The smallest absolute Gasteiger partial charge is 0.344 e. The van der Waals surface area contributed by atoms with Gasteiger partial charge in [0.05, 0.1) is 11.4 Å². The third-order valence-electron chi connectivity index (χ3n) is 5.45. The standard InChI is InChI=1S/C23H19N3O4S2/c1-14(20(28)25-22-24-16(13-31-22)15-7-3-2-4-8-15)30-21(29)23-12-11-19(27)26(23)17-9-5-6-10-18(17)32-23/h2-10,13-14H,11-12H2,1H3,(H,24,25,28)/t14-,23-/m0/s1. The van der Waals surface area contributed by atoms with E-state index in [0.717, 1.165) is 16.2 Å². The number of nitrogens with one attached hydrogen (secondary N) is 1. The summed E-state index contributed by atoms with van der Waals surface area (Å²) in [5.41, 5.74) is 2.42. The van der Waals surface area contributed by atoms with Gasteiger partial charge in [0.2, 0.25) is 5.91 Å². The lowest BCUT2D eigenvalue weighted by atomic mass is 10.2. The lowest BCUT2D eigenvalue weighted by Crippen LogP contribution is -2.49. The van der Waals surface area contributed by atoms with Gasteiger partial charge in [0, 0.05) is 28.7 Å². The Balaban J connectivity index is 1.28. The van der Waals surface area contributed by atoms with Crippen molar-refractivity contribution in [2.75, 3.05) is 10.2 Å². The van der Waals surface area contributed by atoms with E-state index in [9.17, 15) is 14.4 Å². The summed E-state index contributed by atoms with van der Waals surface area (Å²) >= 11 is 2.61. The highest BCUT2D eigenvalue weighted by Crippen LogP contribution is 2.56. The van der Waals surface area contributed by atoms with Crippen molar-refractivity contribution in [1.82, 2.24) is 4.98 Å². The molecule has 0 spiro atoms. The Kier molecular flexibility index (Phi) is 5.22. The van der Waals surface area contributed by atoms with Crippen molar-refractivity contribution in [2.45, 2.75) is 35.6 Å². The fraction of sp³-hybridized carbons (Fsp3) is 0.217. The number of hydrogen-bond donors (Lipinski definition) is 1. The Labute approximate surface area is 192 Å². The molecule has 3 heterocycles. The summed E-state index contributed by atoms with van der Waals surface area (Å²) in [6, 6.07) is 17.0. The Hall–Kier alpha value is -3.17. The van der Waals surface area contributed by atoms with Crippen molar-refractivity contribution in [2.24, 2.45) is 0 Å². The highest BCUT2D eigenvalue weighted by molar-refractivity contribution is 8.02. The maximum absolute atomic E-state index is 13.2. The maximum atomic E-state index is 13.2. The largest absolute Gasteiger partial charge is 0.450 e. The van der Waals surface area contributed by atoms with E-state index in [-0.39, 0.29) is 12.3 Å². The molecule has 1 fully saturated rings. The summed E-state index contributed by atoms with van der Waals surface area (Å²) in [7, 11) is 0. The Morgan fingerprint density at radius 3 is 2.72 bits per heavy atom. The Bertz CT molecular complexity index is 1210. The number of carbonyl (C=O) groups excluding carboxylic acids is 3. The van der Waals surface area contributed by atoms with Crippen molar-refractivity contribution in [1.29, 1.82) is 0 Å². The monoisotopic (exact) mass is 465 g/mol. The van der Waals surface area contributed by atoms with Gasteiger partial charge in [-0.15, -0.1) is 11.3 Å². The van der Waals surface area contributed by atoms with E-state index in [0.29, 0.717) is 17.2 Å². The zero-order valence-electron chi connectivity index (χ0n) is 17.1. The number of fused-ring (bicyclic) bond motifs is 3. The highest BCUT2D eigenvalue weighted by atomic mass is 32.2. The molecule has 1 N–H and O–H groups in total. The number of aromatic nitrogens is 1. The minimum atomic E-state index is -1.16. The molecule has 1 aromatic heterocycles.